The average Bonchev–Trinajstić information content (AvgIpc) is 3.57. The third-order valence-corrected chi connectivity index (χ3v) is 12.9. The number of nitrogens with one attached hydrogen (secondary N) is 1. The zero-order chi connectivity index (χ0) is 48.4. The second-order valence-corrected chi connectivity index (χ2v) is 23.5. The number of aromatic nitrogens is 2. The van der Waals surface area contributed by atoms with Gasteiger partial charge in [-0.1, -0.05) is 158 Å². The number of ether oxygens (including phenoxy) is 1. The maximum atomic E-state index is 6.66. The number of nitrogens with zero attached hydrogens (tertiary/aromatic N) is 3. The zero-order valence-electron chi connectivity index (χ0n) is 42.9. The molecule has 5 nitrogen and oxygen atoms in total. The van der Waals surface area contributed by atoms with E-state index in [2.05, 4.69) is 230 Å². The van der Waals surface area contributed by atoms with Gasteiger partial charge in [-0.25, -0.2) is 4.98 Å². The van der Waals surface area contributed by atoms with E-state index in [1.807, 2.05) is 35.4 Å². The molecule has 0 saturated carbocycles. The number of fused-ring (bicyclic) bond motifs is 3. The molecule has 0 aliphatic rings. The van der Waals surface area contributed by atoms with Crippen LogP contribution in [0.15, 0.2) is 128 Å². The van der Waals surface area contributed by atoms with Crippen molar-refractivity contribution in [3.05, 3.63) is 175 Å². The van der Waals surface area contributed by atoms with Crippen LogP contribution < -0.4 is 15.0 Å². The van der Waals surface area contributed by atoms with Gasteiger partial charge in [-0.05, 0) is 114 Å². The Balaban J connectivity index is 0.00000684. The van der Waals surface area contributed by atoms with Crippen LogP contribution in [0.3, 0.4) is 0 Å². The fraction of sp³-hybridized carbons (Fsp3) is 0.323. The molecule has 8 rings (SSSR count). The van der Waals surface area contributed by atoms with E-state index in [4.69, 9.17) is 9.72 Å². The summed E-state index contributed by atoms with van der Waals surface area (Å²) in [5, 5.41) is 6.11. The number of hydrogen-bond donors (Lipinski definition) is 1. The molecule has 0 saturated heterocycles. The molecule has 0 unspecified atom stereocenters. The first-order valence-electron chi connectivity index (χ1n) is 23.7. The fourth-order valence-corrected chi connectivity index (χ4v) is 8.55. The summed E-state index contributed by atoms with van der Waals surface area (Å²) in [7, 11) is 4.62. The standard InChI is InChI=1S/C62H69N4O.Pt/c1-58(2,3)42-22-20-40(21-23-42)41-32-46(62(13,14)15)34-47(33-41)64-53-35-43(59(4,5)6)25-29-54(53)65(16)48-18-17-19-49(38-48)67-50-26-28-52-51-27-24-44(60(7,8)9)36-55(51)66(56(52)39-50)57-37-45(30-31-63-57)61(10,11)12;/h17-37,64H,16H2,1-15H3;/q-3;. The molecule has 0 atom stereocenters. The van der Waals surface area contributed by atoms with Crippen molar-refractivity contribution in [2.75, 3.05) is 10.2 Å². The van der Waals surface area contributed by atoms with Crippen molar-refractivity contribution in [1.29, 1.82) is 0 Å². The first-order chi connectivity index (χ1) is 31.2. The molecule has 0 fully saturated rings. The zero-order valence-corrected chi connectivity index (χ0v) is 45.2. The molecular weight excluding hydrogens is 1010 g/mol. The van der Waals surface area contributed by atoms with Gasteiger partial charge in [-0.15, -0.1) is 41.4 Å². The molecule has 0 aliphatic carbocycles. The molecule has 6 aromatic carbocycles. The molecule has 1 N–H and O–H groups in total. The maximum absolute atomic E-state index is 6.66. The largest absolute Gasteiger partial charge is 0.516 e. The number of anilines is 4. The Morgan fingerprint density at radius 2 is 1.10 bits per heavy atom. The van der Waals surface area contributed by atoms with Crippen molar-refractivity contribution in [2.45, 2.75) is 131 Å². The summed E-state index contributed by atoms with van der Waals surface area (Å²) in [5.74, 6) is 2.00. The van der Waals surface area contributed by atoms with Gasteiger partial charge < -0.3 is 19.5 Å². The molecule has 356 valence electrons. The van der Waals surface area contributed by atoms with E-state index in [1.165, 1.54) is 38.9 Å². The van der Waals surface area contributed by atoms with Gasteiger partial charge in [-0.2, -0.15) is 12.1 Å². The van der Waals surface area contributed by atoms with Gasteiger partial charge in [-0.3, -0.25) is 7.05 Å². The molecule has 0 aliphatic heterocycles. The Hall–Kier alpha value is -5.64. The summed E-state index contributed by atoms with van der Waals surface area (Å²) in [6.07, 6.45) is 1.91. The Morgan fingerprint density at radius 1 is 0.529 bits per heavy atom. The summed E-state index contributed by atoms with van der Waals surface area (Å²) in [6.45, 7) is 33.8. The molecule has 68 heavy (non-hydrogen) atoms. The Labute approximate surface area is 421 Å². The average molecular weight is 1080 g/mol. The molecule has 2 heterocycles. The van der Waals surface area contributed by atoms with Crippen molar-refractivity contribution in [3.8, 4) is 28.4 Å². The van der Waals surface area contributed by atoms with Crippen LogP contribution in [0.5, 0.6) is 11.5 Å². The van der Waals surface area contributed by atoms with Gasteiger partial charge in [0.1, 0.15) is 5.82 Å². The molecular formula is C62H69N4OPt-3. The first-order valence-corrected chi connectivity index (χ1v) is 23.7. The Bertz CT molecular complexity index is 3110. The van der Waals surface area contributed by atoms with Crippen LogP contribution in [-0.4, -0.2) is 9.55 Å². The van der Waals surface area contributed by atoms with Crippen LogP contribution >= 0.6 is 0 Å². The summed E-state index contributed by atoms with van der Waals surface area (Å²) in [4.78, 5) is 6.87. The van der Waals surface area contributed by atoms with E-state index in [0.29, 0.717) is 11.5 Å². The second-order valence-electron chi connectivity index (χ2n) is 23.5. The van der Waals surface area contributed by atoms with E-state index in [0.717, 1.165) is 50.4 Å². The molecule has 0 radical (unpaired) electrons. The third-order valence-electron chi connectivity index (χ3n) is 12.9. The van der Waals surface area contributed by atoms with Crippen molar-refractivity contribution in [3.63, 3.8) is 0 Å². The van der Waals surface area contributed by atoms with Crippen LogP contribution in [0.2, 0.25) is 0 Å². The smallest absolute Gasteiger partial charge is 0.135 e. The predicted molar refractivity (Wildman–Crippen MR) is 285 cm³/mol. The van der Waals surface area contributed by atoms with Crippen molar-refractivity contribution in [2.24, 2.45) is 0 Å². The summed E-state index contributed by atoms with van der Waals surface area (Å²) >= 11 is 0. The quantitative estimate of drug-likeness (QED) is 0.154. The minimum Gasteiger partial charge on any atom is -0.516 e. The van der Waals surface area contributed by atoms with E-state index in [1.54, 1.807) is 0 Å². The monoisotopic (exact) mass is 1080 g/mol. The van der Waals surface area contributed by atoms with Crippen LogP contribution in [-0.2, 0) is 48.1 Å². The summed E-state index contributed by atoms with van der Waals surface area (Å²) in [5.41, 5.74) is 14.1. The third kappa shape index (κ3) is 10.6. The number of hydrogen-bond acceptors (Lipinski definition) is 4. The van der Waals surface area contributed by atoms with Gasteiger partial charge >= 0.3 is 0 Å². The SMILES string of the molecule is [CH2-]N(c1[c-]c(Oc2[c-]c3c(cc2)c2ccc(C(C)(C)C)cc2n3-c2cc(C(C)(C)C)ccn2)ccc1)c1ccc(C(C)(C)C)cc1Nc1cc(-c2ccc(C(C)(C)C)cc2)cc(C(C)(C)C)c1.[Pt]. The summed E-state index contributed by atoms with van der Waals surface area (Å²) in [6, 6.07) is 50.9. The van der Waals surface area contributed by atoms with E-state index < -0.39 is 0 Å². The molecule has 8 aromatic rings. The second kappa shape index (κ2) is 18.4. The minimum atomic E-state index is -0.0717. The van der Waals surface area contributed by atoms with Gasteiger partial charge in [0, 0.05) is 55.7 Å². The van der Waals surface area contributed by atoms with Crippen molar-refractivity contribution >= 4 is 44.6 Å². The first kappa shape index (κ1) is 50.2. The normalized spacial score (nSPS) is 12.6. The molecule has 6 heteroatoms. The molecule has 0 spiro atoms. The number of benzene rings is 6. The van der Waals surface area contributed by atoms with Gasteiger partial charge in [0.15, 0.2) is 0 Å². The fourth-order valence-electron chi connectivity index (χ4n) is 8.55. The number of rotatable bonds is 8. The van der Waals surface area contributed by atoms with E-state index in [9.17, 15) is 0 Å². The van der Waals surface area contributed by atoms with E-state index >= 15 is 0 Å². The van der Waals surface area contributed by atoms with Crippen LogP contribution in [0.1, 0.15) is 132 Å². The van der Waals surface area contributed by atoms with E-state index in [-0.39, 0.29) is 48.1 Å². The maximum Gasteiger partial charge on any atom is 0.135 e. The Morgan fingerprint density at radius 3 is 1.75 bits per heavy atom. The summed E-state index contributed by atoms with van der Waals surface area (Å²) < 4.78 is 8.89. The Kier molecular flexibility index (Phi) is 13.6. The molecule has 0 amide bonds. The number of pyridine rings is 1. The van der Waals surface area contributed by atoms with Gasteiger partial charge in [0.25, 0.3) is 0 Å². The molecule has 2 aromatic heterocycles. The van der Waals surface area contributed by atoms with Crippen molar-refractivity contribution < 1.29 is 25.8 Å². The van der Waals surface area contributed by atoms with Crippen LogP contribution in [0.25, 0.3) is 38.8 Å². The van der Waals surface area contributed by atoms with Crippen LogP contribution in [0, 0.1) is 19.2 Å². The topological polar surface area (TPSA) is 42.3 Å². The van der Waals surface area contributed by atoms with Gasteiger partial charge in [0.2, 0.25) is 0 Å². The predicted octanol–water partition coefficient (Wildman–Crippen LogP) is 17.4. The van der Waals surface area contributed by atoms with Gasteiger partial charge in [0.05, 0.1) is 5.69 Å². The minimum absolute atomic E-state index is 0. The van der Waals surface area contributed by atoms with Crippen molar-refractivity contribution in [1.82, 2.24) is 9.55 Å². The van der Waals surface area contributed by atoms with Crippen LogP contribution in [0.4, 0.5) is 22.7 Å². The molecule has 0 bridgehead atoms.